The standard InChI is InChI=1S/C6H6ClNS/c1-9-6-2-3-8-4-5(6)7/h2-4H,1H3. The Morgan fingerprint density at radius 2 is 2.44 bits per heavy atom. The third kappa shape index (κ3) is 1.60. The Labute approximate surface area is 63.4 Å². The number of halogens is 1. The fourth-order valence-corrected chi connectivity index (χ4v) is 1.32. The summed E-state index contributed by atoms with van der Waals surface area (Å²) in [5, 5.41) is 0.727. The molecule has 1 aromatic rings. The van der Waals surface area contributed by atoms with E-state index in [9.17, 15) is 0 Å². The fraction of sp³-hybridized carbons (Fsp3) is 0.167. The highest BCUT2D eigenvalue weighted by molar-refractivity contribution is 7.98. The summed E-state index contributed by atoms with van der Waals surface area (Å²) in [4.78, 5) is 4.92. The Kier molecular flexibility index (Phi) is 2.37. The maximum atomic E-state index is 5.74. The quantitative estimate of drug-likeness (QED) is 0.584. The van der Waals surface area contributed by atoms with E-state index in [2.05, 4.69) is 4.98 Å². The summed E-state index contributed by atoms with van der Waals surface area (Å²) >= 11 is 7.36. The molecular weight excluding hydrogens is 154 g/mol. The first kappa shape index (κ1) is 6.90. The molecule has 0 aliphatic carbocycles. The summed E-state index contributed by atoms with van der Waals surface area (Å²) in [5.74, 6) is 0. The molecule has 0 amide bonds. The Balaban J connectivity index is 3.01. The van der Waals surface area contributed by atoms with Crippen LogP contribution in [0, 0.1) is 0 Å². The minimum Gasteiger partial charge on any atom is -0.263 e. The van der Waals surface area contributed by atoms with Crippen LogP contribution in [0.1, 0.15) is 0 Å². The second kappa shape index (κ2) is 3.08. The molecule has 0 unspecified atom stereocenters. The zero-order valence-electron chi connectivity index (χ0n) is 4.97. The molecule has 1 heterocycles. The van der Waals surface area contributed by atoms with Crippen molar-refractivity contribution < 1.29 is 0 Å². The summed E-state index contributed by atoms with van der Waals surface area (Å²) in [6, 6.07) is 1.90. The monoisotopic (exact) mass is 159 g/mol. The van der Waals surface area contributed by atoms with E-state index in [0.717, 1.165) is 9.92 Å². The maximum absolute atomic E-state index is 5.74. The molecule has 0 radical (unpaired) electrons. The van der Waals surface area contributed by atoms with Gasteiger partial charge in [0.25, 0.3) is 0 Å². The molecule has 0 bridgehead atoms. The Hall–Kier alpha value is -0.210. The molecular formula is C6H6ClNS. The van der Waals surface area contributed by atoms with Gasteiger partial charge in [-0.1, -0.05) is 11.6 Å². The van der Waals surface area contributed by atoms with Crippen LogP contribution in [0.15, 0.2) is 23.4 Å². The molecule has 1 aromatic heterocycles. The highest BCUT2D eigenvalue weighted by Gasteiger charge is 1.93. The summed E-state index contributed by atoms with van der Waals surface area (Å²) in [5.41, 5.74) is 0. The second-order valence-electron chi connectivity index (χ2n) is 1.51. The van der Waals surface area contributed by atoms with Gasteiger partial charge in [0.15, 0.2) is 0 Å². The van der Waals surface area contributed by atoms with Crippen LogP contribution in [0.2, 0.25) is 5.02 Å². The van der Waals surface area contributed by atoms with Gasteiger partial charge in [-0.2, -0.15) is 0 Å². The van der Waals surface area contributed by atoms with Crippen LogP contribution in [-0.4, -0.2) is 11.2 Å². The van der Waals surface area contributed by atoms with Crippen LogP contribution in [0.25, 0.3) is 0 Å². The van der Waals surface area contributed by atoms with Crippen molar-refractivity contribution in [3.63, 3.8) is 0 Å². The molecule has 0 aromatic carbocycles. The molecule has 48 valence electrons. The predicted molar refractivity (Wildman–Crippen MR) is 41.0 cm³/mol. The van der Waals surface area contributed by atoms with Gasteiger partial charge in [-0.3, -0.25) is 4.98 Å². The number of pyridine rings is 1. The summed E-state index contributed by atoms with van der Waals surface area (Å²) in [6.45, 7) is 0. The Morgan fingerprint density at radius 3 is 2.89 bits per heavy atom. The summed E-state index contributed by atoms with van der Waals surface area (Å²) < 4.78 is 0. The van der Waals surface area contributed by atoms with E-state index in [-0.39, 0.29) is 0 Å². The van der Waals surface area contributed by atoms with Crippen LogP contribution in [-0.2, 0) is 0 Å². The van der Waals surface area contributed by atoms with Crippen molar-refractivity contribution in [1.29, 1.82) is 0 Å². The molecule has 3 heteroatoms. The molecule has 9 heavy (non-hydrogen) atoms. The van der Waals surface area contributed by atoms with Crippen molar-refractivity contribution in [3.8, 4) is 0 Å². The zero-order valence-corrected chi connectivity index (χ0v) is 6.54. The highest BCUT2D eigenvalue weighted by Crippen LogP contribution is 2.22. The SMILES string of the molecule is CSc1ccncc1Cl. The van der Waals surface area contributed by atoms with Crippen molar-refractivity contribution in [2.75, 3.05) is 6.26 Å². The van der Waals surface area contributed by atoms with Crippen molar-refractivity contribution >= 4 is 23.4 Å². The Bertz CT molecular complexity index is 202. The van der Waals surface area contributed by atoms with Gasteiger partial charge in [0, 0.05) is 17.3 Å². The van der Waals surface area contributed by atoms with Crippen molar-refractivity contribution in [3.05, 3.63) is 23.5 Å². The number of thioether (sulfide) groups is 1. The van der Waals surface area contributed by atoms with E-state index in [4.69, 9.17) is 11.6 Å². The van der Waals surface area contributed by atoms with E-state index in [1.165, 1.54) is 0 Å². The lowest BCUT2D eigenvalue weighted by atomic mass is 10.5. The minimum absolute atomic E-state index is 0.727. The minimum atomic E-state index is 0.727. The van der Waals surface area contributed by atoms with Crippen LogP contribution in [0.5, 0.6) is 0 Å². The molecule has 0 N–H and O–H groups in total. The molecule has 0 fully saturated rings. The van der Waals surface area contributed by atoms with Gasteiger partial charge in [-0.05, 0) is 12.3 Å². The van der Waals surface area contributed by atoms with E-state index in [1.807, 2.05) is 12.3 Å². The van der Waals surface area contributed by atoms with Gasteiger partial charge in [0.1, 0.15) is 0 Å². The van der Waals surface area contributed by atoms with E-state index in [1.54, 1.807) is 24.2 Å². The number of aromatic nitrogens is 1. The highest BCUT2D eigenvalue weighted by atomic mass is 35.5. The van der Waals surface area contributed by atoms with Crippen molar-refractivity contribution in [2.24, 2.45) is 0 Å². The predicted octanol–water partition coefficient (Wildman–Crippen LogP) is 2.46. The third-order valence-electron chi connectivity index (χ3n) is 0.955. The average molecular weight is 160 g/mol. The smallest absolute Gasteiger partial charge is 0.0724 e. The fourth-order valence-electron chi connectivity index (χ4n) is 0.528. The van der Waals surface area contributed by atoms with E-state index >= 15 is 0 Å². The number of hydrogen-bond acceptors (Lipinski definition) is 2. The summed E-state index contributed by atoms with van der Waals surface area (Å²) in [6.07, 6.45) is 5.37. The van der Waals surface area contributed by atoms with Gasteiger partial charge >= 0.3 is 0 Å². The van der Waals surface area contributed by atoms with Gasteiger partial charge in [0.2, 0.25) is 0 Å². The van der Waals surface area contributed by atoms with E-state index in [0.29, 0.717) is 0 Å². The van der Waals surface area contributed by atoms with Gasteiger partial charge in [-0.15, -0.1) is 11.8 Å². The van der Waals surface area contributed by atoms with Crippen LogP contribution < -0.4 is 0 Å². The number of hydrogen-bond donors (Lipinski definition) is 0. The first-order valence-electron chi connectivity index (χ1n) is 2.48. The molecule has 1 nitrogen and oxygen atoms in total. The van der Waals surface area contributed by atoms with E-state index < -0.39 is 0 Å². The third-order valence-corrected chi connectivity index (χ3v) is 2.16. The Morgan fingerprint density at radius 1 is 1.67 bits per heavy atom. The van der Waals surface area contributed by atoms with Crippen LogP contribution in [0.4, 0.5) is 0 Å². The molecule has 0 atom stereocenters. The van der Waals surface area contributed by atoms with Crippen LogP contribution in [0.3, 0.4) is 0 Å². The zero-order chi connectivity index (χ0) is 6.69. The lowest BCUT2D eigenvalue weighted by Crippen LogP contribution is -1.73. The number of rotatable bonds is 1. The lowest BCUT2D eigenvalue weighted by Gasteiger charge is -1.94. The number of nitrogens with zero attached hydrogens (tertiary/aromatic N) is 1. The summed E-state index contributed by atoms with van der Waals surface area (Å²) in [7, 11) is 0. The van der Waals surface area contributed by atoms with Gasteiger partial charge in [0.05, 0.1) is 5.02 Å². The van der Waals surface area contributed by atoms with Gasteiger partial charge < -0.3 is 0 Å². The normalized spacial score (nSPS) is 9.56. The largest absolute Gasteiger partial charge is 0.263 e. The van der Waals surface area contributed by atoms with Crippen molar-refractivity contribution in [1.82, 2.24) is 4.98 Å². The molecule has 0 saturated heterocycles. The molecule has 0 aliphatic rings. The lowest BCUT2D eigenvalue weighted by molar-refractivity contribution is 1.26. The molecule has 1 rings (SSSR count). The molecule has 0 aliphatic heterocycles. The topological polar surface area (TPSA) is 12.9 Å². The van der Waals surface area contributed by atoms with Gasteiger partial charge in [-0.25, -0.2) is 0 Å². The van der Waals surface area contributed by atoms with Crippen LogP contribution >= 0.6 is 23.4 Å². The first-order chi connectivity index (χ1) is 4.34. The van der Waals surface area contributed by atoms with Crippen molar-refractivity contribution in [2.45, 2.75) is 4.90 Å². The molecule has 0 spiro atoms. The maximum Gasteiger partial charge on any atom is 0.0724 e. The second-order valence-corrected chi connectivity index (χ2v) is 2.77. The average Bonchev–Trinajstić information content (AvgIpc) is 1.89. The molecule has 0 saturated carbocycles. The first-order valence-corrected chi connectivity index (χ1v) is 4.08.